The molecule has 0 heterocycles. The van der Waals surface area contributed by atoms with Gasteiger partial charge in [0.25, 0.3) is 0 Å². The van der Waals surface area contributed by atoms with E-state index in [0.717, 1.165) is 19.3 Å². The van der Waals surface area contributed by atoms with Gasteiger partial charge in [-0.3, -0.25) is 4.79 Å². The van der Waals surface area contributed by atoms with Crippen LogP contribution in [0, 0.1) is 6.92 Å². The average Bonchev–Trinajstić information content (AvgIpc) is 2.34. The lowest BCUT2D eigenvalue weighted by Gasteiger charge is -2.21. The lowest BCUT2D eigenvalue weighted by Crippen LogP contribution is -2.29. The van der Waals surface area contributed by atoms with Crippen LogP contribution >= 0.6 is 0 Å². The predicted octanol–water partition coefficient (Wildman–Crippen LogP) is 4.23. The van der Waals surface area contributed by atoms with E-state index in [-0.39, 0.29) is 5.54 Å². The van der Waals surface area contributed by atoms with E-state index in [1.165, 1.54) is 17.5 Å². The van der Waals surface area contributed by atoms with Crippen molar-refractivity contribution in [1.82, 2.24) is 0 Å². The Kier molecular flexibility index (Phi) is 8.89. The fourth-order valence-electron chi connectivity index (χ4n) is 2.00. The Morgan fingerprint density at radius 2 is 1.80 bits per heavy atom. The van der Waals surface area contributed by atoms with E-state index in [4.69, 9.17) is 10.8 Å². The first kappa shape index (κ1) is 18.7. The molecule has 0 bridgehead atoms. The summed E-state index contributed by atoms with van der Waals surface area (Å²) in [7, 11) is 0. The van der Waals surface area contributed by atoms with E-state index in [0.29, 0.717) is 6.42 Å². The molecular weight excluding hydrogens is 250 g/mol. The molecule has 0 aliphatic heterocycles. The lowest BCUT2D eigenvalue weighted by molar-refractivity contribution is -0.137. The molecule has 0 unspecified atom stereocenters. The number of hydrogen-bond donors (Lipinski definition) is 2. The molecule has 1 aromatic carbocycles. The van der Waals surface area contributed by atoms with Crippen LogP contribution in [0.3, 0.4) is 0 Å². The Labute approximate surface area is 123 Å². The van der Waals surface area contributed by atoms with Crippen molar-refractivity contribution in [3.8, 4) is 0 Å². The van der Waals surface area contributed by atoms with Crippen LogP contribution < -0.4 is 5.73 Å². The summed E-state index contributed by atoms with van der Waals surface area (Å²) in [5.41, 5.74) is 8.23. The highest BCUT2D eigenvalue weighted by molar-refractivity contribution is 5.66. The van der Waals surface area contributed by atoms with E-state index in [9.17, 15) is 4.79 Å². The topological polar surface area (TPSA) is 63.3 Å². The maximum atomic E-state index is 9.96. The summed E-state index contributed by atoms with van der Waals surface area (Å²) in [5.74, 6) is -0.675. The van der Waals surface area contributed by atoms with Crippen LogP contribution in [-0.2, 0) is 10.3 Å². The molecule has 0 saturated carbocycles. The SMILES string of the molecule is CCCCCCC(=O)O.Cc1ccccc1C(C)(C)N. The summed E-state index contributed by atoms with van der Waals surface area (Å²) in [6, 6.07) is 8.22. The Balaban J connectivity index is 0.000000370. The Hall–Kier alpha value is -1.35. The molecule has 20 heavy (non-hydrogen) atoms. The highest BCUT2D eigenvalue weighted by atomic mass is 16.4. The van der Waals surface area contributed by atoms with E-state index in [1.807, 2.05) is 26.0 Å². The molecule has 1 aromatic rings. The molecule has 3 nitrogen and oxygen atoms in total. The number of carbonyl (C=O) groups is 1. The van der Waals surface area contributed by atoms with Crippen LogP contribution in [0.15, 0.2) is 24.3 Å². The largest absolute Gasteiger partial charge is 0.481 e. The van der Waals surface area contributed by atoms with E-state index >= 15 is 0 Å². The molecule has 3 heteroatoms. The molecule has 3 N–H and O–H groups in total. The number of rotatable bonds is 6. The molecular formula is C17H29NO2. The highest BCUT2D eigenvalue weighted by Gasteiger charge is 2.14. The van der Waals surface area contributed by atoms with E-state index in [1.54, 1.807) is 0 Å². The number of unbranched alkanes of at least 4 members (excludes halogenated alkanes) is 3. The first-order chi connectivity index (χ1) is 9.29. The zero-order chi connectivity index (χ0) is 15.6. The van der Waals surface area contributed by atoms with Crippen LogP contribution in [0.5, 0.6) is 0 Å². The molecule has 1 rings (SSSR count). The second-order valence-electron chi connectivity index (χ2n) is 5.74. The molecule has 0 radical (unpaired) electrons. The Morgan fingerprint density at radius 1 is 1.20 bits per heavy atom. The fraction of sp³-hybridized carbons (Fsp3) is 0.588. The van der Waals surface area contributed by atoms with Crippen LogP contribution in [-0.4, -0.2) is 11.1 Å². The van der Waals surface area contributed by atoms with Crippen molar-refractivity contribution in [3.63, 3.8) is 0 Å². The second kappa shape index (κ2) is 9.54. The van der Waals surface area contributed by atoms with Crippen LogP contribution in [0.2, 0.25) is 0 Å². The summed E-state index contributed by atoms with van der Waals surface area (Å²) in [6.07, 6.45) is 4.55. The molecule has 0 saturated heterocycles. The lowest BCUT2D eigenvalue weighted by atomic mass is 9.92. The number of hydrogen-bond acceptors (Lipinski definition) is 2. The van der Waals surface area contributed by atoms with Crippen molar-refractivity contribution < 1.29 is 9.90 Å². The molecule has 0 aliphatic carbocycles. The predicted molar refractivity (Wildman–Crippen MR) is 84.8 cm³/mol. The van der Waals surface area contributed by atoms with Crippen LogP contribution in [0.4, 0.5) is 0 Å². The molecule has 0 atom stereocenters. The first-order valence-corrected chi connectivity index (χ1v) is 7.35. The van der Waals surface area contributed by atoms with Gasteiger partial charge in [0.05, 0.1) is 0 Å². The number of benzene rings is 1. The van der Waals surface area contributed by atoms with Gasteiger partial charge in [0.15, 0.2) is 0 Å². The summed E-state index contributed by atoms with van der Waals surface area (Å²) >= 11 is 0. The smallest absolute Gasteiger partial charge is 0.303 e. The molecule has 0 aromatic heterocycles. The van der Waals surface area contributed by atoms with Crippen molar-refractivity contribution >= 4 is 5.97 Å². The summed E-state index contributed by atoms with van der Waals surface area (Å²) in [4.78, 5) is 9.96. The standard InChI is InChI=1S/C10H15N.C7H14O2/c1-8-6-4-5-7-9(8)10(2,3)11;1-2-3-4-5-6-7(8)9/h4-7H,11H2,1-3H3;2-6H2,1H3,(H,8,9). The van der Waals surface area contributed by atoms with Crippen molar-refractivity contribution in [2.24, 2.45) is 5.73 Å². The average molecular weight is 279 g/mol. The number of nitrogens with two attached hydrogens (primary N) is 1. The zero-order valence-electron chi connectivity index (χ0n) is 13.3. The van der Waals surface area contributed by atoms with Gasteiger partial charge >= 0.3 is 5.97 Å². The Bertz CT molecular complexity index is 394. The van der Waals surface area contributed by atoms with Gasteiger partial charge in [0.1, 0.15) is 0 Å². The summed E-state index contributed by atoms with van der Waals surface area (Å²) in [6.45, 7) is 8.25. The van der Waals surface area contributed by atoms with Gasteiger partial charge < -0.3 is 10.8 Å². The number of aryl methyl sites for hydroxylation is 1. The second-order valence-corrected chi connectivity index (χ2v) is 5.74. The summed E-state index contributed by atoms with van der Waals surface area (Å²) < 4.78 is 0. The maximum absolute atomic E-state index is 9.96. The third-order valence-corrected chi connectivity index (χ3v) is 3.08. The third kappa shape index (κ3) is 8.70. The zero-order valence-corrected chi connectivity index (χ0v) is 13.3. The molecule has 0 spiro atoms. The maximum Gasteiger partial charge on any atom is 0.303 e. The van der Waals surface area contributed by atoms with Gasteiger partial charge in [-0.05, 0) is 38.3 Å². The summed E-state index contributed by atoms with van der Waals surface area (Å²) in [5, 5.41) is 8.21. The number of aliphatic carboxylic acids is 1. The van der Waals surface area contributed by atoms with Crippen LogP contribution in [0.1, 0.15) is 64.0 Å². The van der Waals surface area contributed by atoms with Crippen molar-refractivity contribution in [1.29, 1.82) is 0 Å². The molecule has 0 aliphatic rings. The van der Waals surface area contributed by atoms with Gasteiger partial charge in [-0.2, -0.15) is 0 Å². The Morgan fingerprint density at radius 3 is 2.20 bits per heavy atom. The minimum atomic E-state index is -0.675. The van der Waals surface area contributed by atoms with Crippen LogP contribution in [0.25, 0.3) is 0 Å². The molecule has 0 amide bonds. The monoisotopic (exact) mass is 279 g/mol. The van der Waals surface area contributed by atoms with Gasteiger partial charge in [0.2, 0.25) is 0 Å². The van der Waals surface area contributed by atoms with Crippen molar-refractivity contribution in [3.05, 3.63) is 35.4 Å². The van der Waals surface area contributed by atoms with Crippen molar-refractivity contribution in [2.75, 3.05) is 0 Å². The minimum Gasteiger partial charge on any atom is -0.481 e. The minimum absolute atomic E-state index is 0.217. The number of carboxylic acids is 1. The van der Waals surface area contributed by atoms with E-state index in [2.05, 4.69) is 26.0 Å². The quantitative estimate of drug-likeness (QED) is 0.766. The van der Waals surface area contributed by atoms with Crippen molar-refractivity contribution in [2.45, 2.75) is 65.3 Å². The fourth-order valence-corrected chi connectivity index (χ4v) is 2.00. The van der Waals surface area contributed by atoms with Gasteiger partial charge in [-0.1, -0.05) is 50.5 Å². The number of carboxylic acid groups (broad SMARTS) is 1. The third-order valence-electron chi connectivity index (χ3n) is 3.08. The van der Waals surface area contributed by atoms with Gasteiger partial charge in [-0.15, -0.1) is 0 Å². The van der Waals surface area contributed by atoms with E-state index < -0.39 is 5.97 Å². The highest BCUT2D eigenvalue weighted by Crippen LogP contribution is 2.19. The first-order valence-electron chi connectivity index (χ1n) is 7.35. The normalized spacial score (nSPS) is 10.7. The van der Waals surface area contributed by atoms with Gasteiger partial charge in [-0.25, -0.2) is 0 Å². The molecule has 0 fully saturated rings. The molecule has 114 valence electrons. The van der Waals surface area contributed by atoms with Gasteiger partial charge in [0, 0.05) is 12.0 Å².